The van der Waals surface area contributed by atoms with Crippen LogP contribution in [-0.4, -0.2) is 38.4 Å². The van der Waals surface area contributed by atoms with Crippen molar-refractivity contribution in [2.75, 3.05) is 12.9 Å². The lowest BCUT2D eigenvalue weighted by molar-refractivity contribution is -0.127. The summed E-state index contributed by atoms with van der Waals surface area (Å²) in [7, 11) is -3.01. The van der Waals surface area contributed by atoms with Crippen LogP contribution in [0, 0.1) is 11.8 Å². The Labute approximate surface area is 109 Å². The molecule has 0 aromatic carbocycles. The highest BCUT2D eigenvalue weighted by molar-refractivity contribution is 7.91. The normalized spacial score (nSPS) is 37.7. The molecule has 1 saturated heterocycles. The van der Waals surface area contributed by atoms with Crippen LogP contribution in [0.4, 0.5) is 0 Å². The maximum Gasteiger partial charge on any atom is 0.150 e. The van der Waals surface area contributed by atoms with E-state index >= 15 is 0 Å². The molecule has 4 atom stereocenters. The summed E-state index contributed by atoms with van der Waals surface area (Å²) in [5.41, 5.74) is 0. The summed E-state index contributed by atoms with van der Waals surface area (Å²) < 4.78 is 28.6. The fourth-order valence-electron chi connectivity index (χ4n) is 3.14. The smallest absolute Gasteiger partial charge is 0.150 e. The summed E-state index contributed by atoms with van der Waals surface area (Å²) in [6.45, 7) is 2.49. The van der Waals surface area contributed by atoms with Crippen molar-refractivity contribution >= 4 is 15.6 Å². The molecule has 2 aliphatic rings. The second-order valence-corrected chi connectivity index (χ2v) is 8.12. The van der Waals surface area contributed by atoms with E-state index in [-0.39, 0.29) is 29.0 Å². The van der Waals surface area contributed by atoms with E-state index < -0.39 is 9.84 Å². The first kappa shape index (κ1) is 14.0. The third-order valence-electron chi connectivity index (χ3n) is 4.23. The van der Waals surface area contributed by atoms with Gasteiger partial charge in [0, 0.05) is 18.1 Å². The lowest BCUT2D eigenvalue weighted by Gasteiger charge is -2.28. The first-order valence-corrected chi connectivity index (χ1v) is 8.67. The topological polar surface area (TPSA) is 60.4 Å². The van der Waals surface area contributed by atoms with Crippen LogP contribution in [-0.2, 0) is 19.4 Å². The lowest BCUT2D eigenvalue weighted by Crippen LogP contribution is -2.34. The van der Waals surface area contributed by atoms with Gasteiger partial charge in [-0.15, -0.1) is 0 Å². The number of sulfone groups is 1. The fraction of sp³-hybridized carbons (Fsp3) is 0.923. The molecular weight excluding hydrogens is 252 g/mol. The molecule has 4 unspecified atom stereocenters. The van der Waals surface area contributed by atoms with Gasteiger partial charge in [0.15, 0.2) is 0 Å². The Hall–Kier alpha value is -0.420. The minimum Gasteiger partial charge on any atom is -0.378 e. The Morgan fingerprint density at radius 1 is 1.17 bits per heavy atom. The van der Waals surface area contributed by atoms with Gasteiger partial charge in [-0.25, -0.2) is 8.42 Å². The highest BCUT2D eigenvalue weighted by Gasteiger charge is 2.37. The van der Waals surface area contributed by atoms with Crippen molar-refractivity contribution in [1.29, 1.82) is 0 Å². The van der Waals surface area contributed by atoms with E-state index in [0.717, 1.165) is 19.3 Å². The van der Waals surface area contributed by atoms with E-state index in [4.69, 9.17) is 4.74 Å². The van der Waals surface area contributed by atoms with Crippen molar-refractivity contribution in [1.82, 2.24) is 0 Å². The molecule has 0 bridgehead atoms. The molecule has 4 nitrogen and oxygen atoms in total. The fourth-order valence-corrected chi connectivity index (χ4v) is 4.32. The molecule has 5 heteroatoms. The lowest BCUT2D eigenvalue weighted by atomic mass is 9.81. The summed E-state index contributed by atoms with van der Waals surface area (Å²) in [4.78, 5) is 12.3. The first-order valence-electron chi connectivity index (χ1n) is 6.72. The molecule has 0 aromatic rings. The summed E-state index contributed by atoms with van der Waals surface area (Å²) >= 11 is 0. The van der Waals surface area contributed by atoms with Crippen LogP contribution in [0.1, 0.15) is 39.0 Å². The zero-order chi connectivity index (χ0) is 13.3. The molecule has 1 heterocycles. The molecule has 0 aromatic heterocycles. The van der Waals surface area contributed by atoms with Crippen LogP contribution < -0.4 is 0 Å². The molecule has 2 fully saturated rings. The molecular formula is C13H22O4S. The van der Waals surface area contributed by atoms with Crippen molar-refractivity contribution in [2.24, 2.45) is 11.8 Å². The van der Waals surface area contributed by atoms with Crippen LogP contribution in [0.25, 0.3) is 0 Å². The van der Waals surface area contributed by atoms with E-state index in [1.54, 1.807) is 0 Å². The molecule has 104 valence electrons. The van der Waals surface area contributed by atoms with Crippen molar-refractivity contribution in [2.45, 2.75) is 50.4 Å². The van der Waals surface area contributed by atoms with Crippen LogP contribution in [0.15, 0.2) is 0 Å². The summed E-state index contributed by atoms with van der Waals surface area (Å²) in [5, 5.41) is -0.319. The number of hydrogen-bond acceptors (Lipinski definition) is 4. The van der Waals surface area contributed by atoms with Crippen LogP contribution in [0.5, 0.6) is 0 Å². The van der Waals surface area contributed by atoms with E-state index in [9.17, 15) is 13.2 Å². The van der Waals surface area contributed by atoms with Gasteiger partial charge in [0.1, 0.15) is 15.6 Å². The number of ketones is 1. The van der Waals surface area contributed by atoms with Gasteiger partial charge in [-0.1, -0.05) is 6.42 Å². The Balaban J connectivity index is 1.98. The molecule has 0 N–H and O–H groups in total. The average molecular weight is 274 g/mol. The number of rotatable bonds is 3. The van der Waals surface area contributed by atoms with Gasteiger partial charge in [0.05, 0.1) is 18.0 Å². The minimum absolute atomic E-state index is 0.0108. The second-order valence-electron chi connectivity index (χ2n) is 5.79. The third kappa shape index (κ3) is 3.12. The first-order chi connectivity index (χ1) is 8.38. The van der Waals surface area contributed by atoms with Crippen LogP contribution in [0.2, 0.25) is 0 Å². The third-order valence-corrected chi connectivity index (χ3v) is 5.87. The quantitative estimate of drug-likeness (QED) is 0.784. The minimum atomic E-state index is -3.01. The van der Waals surface area contributed by atoms with Gasteiger partial charge in [0.2, 0.25) is 0 Å². The molecule has 1 aliphatic carbocycles. The predicted molar refractivity (Wildman–Crippen MR) is 69.1 cm³/mol. The predicted octanol–water partition coefficient (Wildman–Crippen LogP) is 1.58. The van der Waals surface area contributed by atoms with Gasteiger partial charge >= 0.3 is 0 Å². The highest BCUT2D eigenvalue weighted by Crippen LogP contribution is 2.33. The molecule has 1 aliphatic heterocycles. The largest absolute Gasteiger partial charge is 0.378 e. The van der Waals surface area contributed by atoms with E-state index in [2.05, 4.69) is 0 Å². The zero-order valence-corrected chi connectivity index (χ0v) is 11.9. The van der Waals surface area contributed by atoms with Crippen molar-refractivity contribution in [3.05, 3.63) is 0 Å². The van der Waals surface area contributed by atoms with Crippen molar-refractivity contribution < 1.29 is 17.9 Å². The van der Waals surface area contributed by atoms with E-state index in [1.807, 2.05) is 6.92 Å². The van der Waals surface area contributed by atoms with Crippen LogP contribution in [0.3, 0.4) is 0 Å². The molecule has 0 amide bonds. The second kappa shape index (κ2) is 5.29. The Kier molecular flexibility index (Phi) is 4.11. The molecule has 2 rings (SSSR count). The van der Waals surface area contributed by atoms with Crippen LogP contribution >= 0.6 is 0 Å². The van der Waals surface area contributed by atoms with Gasteiger partial charge in [-0.05, 0) is 32.6 Å². The number of carbonyl (C=O) groups excluding carboxylic acids is 1. The molecule has 1 saturated carbocycles. The molecule has 0 spiro atoms. The monoisotopic (exact) mass is 274 g/mol. The van der Waals surface area contributed by atoms with Gasteiger partial charge in [-0.3, -0.25) is 4.79 Å². The maximum atomic E-state index is 12.3. The summed E-state index contributed by atoms with van der Waals surface area (Å²) in [6, 6.07) is 0. The van der Waals surface area contributed by atoms with Crippen molar-refractivity contribution in [3.63, 3.8) is 0 Å². The SMILES string of the molecule is CC1CC(C(=O)C2CCCC(S(C)(=O)=O)C2)CO1. The van der Waals surface area contributed by atoms with Gasteiger partial charge < -0.3 is 4.74 Å². The Bertz CT molecular complexity index is 415. The van der Waals surface area contributed by atoms with Gasteiger partial charge in [-0.2, -0.15) is 0 Å². The van der Waals surface area contributed by atoms with E-state index in [1.165, 1.54) is 6.26 Å². The summed E-state index contributed by atoms with van der Waals surface area (Å²) in [5.74, 6) is 0.147. The van der Waals surface area contributed by atoms with Gasteiger partial charge in [0.25, 0.3) is 0 Å². The molecule has 18 heavy (non-hydrogen) atoms. The zero-order valence-electron chi connectivity index (χ0n) is 11.1. The highest BCUT2D eigenvalue weighted by atomic mass is 32.2. The van der Waals surface area contributed by atoms with Crippen molar-refractivity contribution in [3.8, 4) is 0 Å². The number of carbonyl (C=O) groups is 1. The van der Waals surface area contributed by atoms with E-state index in [0.29, 0.717) is 19.4 Å². The average Bonchev–Trinajstić information content (AvgIpc) is 2.74. The number of Topliss-reactive ketones (excluding diaryl/α,β-unsaturated/α-hetero) is 1. The number of hydrogen-bond donors (Lipinski definition) is 0. The maximum absolute atomic E-state index is 12.3. The Morgan fingerprint density at radius 2 is 1.89 bits per heavy atom. The summed E-state index contributed by atoms with van der Waals surface area (Å²) in [6.07, 6.45) is 5.15. The molecule has 0 radical (unpaired) electrons. The standard InChI is InChI=1S/C13H22O4S/c1-9-6-11(8-17-9)13(14)10-4-3-5-12(7-10)18(2,15)16/h9-12H,3-8H2,1-2H3. The number of ether oxygens (including phenoxy) is 1. The Morgan fingerprint density at radius 3 is 2.44 bits per heavy atom.